The summed E-state index contributed by atoms with van der Waals surface area (Å²) in [6.45, 7) is 1.33. The Morgan fingerprint density at radius 2 is 2.04 bits per heavy atom. The van der Waals surface area contributed by atoms with Gasteiger partial charge in [-0.25, -0.2) is 0 Å². The Hall–Kier alpha value is -2.27. The van der Waals surface area contributed by atoms with E-state index in [1.165, 1.54) is 22.7 Å². The molecule has 2 aromatic heterocycles. The van der Waals surface area contributed by atoms with Crippen molar-refractivity contribution in [2.24, 2.45) is 4.99 Å². The van der Waals surface area contributed by atoms with Crippen molar-refractivity contribution in [2.75, 3.05) is 13.2 Å². The number of ether oxygens (including phenoxy) is 2. The van der Waals surface area contributed by atoms with Gasteiger partial charge in [-0.1, -0.05) is 28.9 Å². The van der Waals surface area contributed by atoms with E-state index in [1.807, 2.05) is 16.7 Å². The lowest BCUT2D eigenvalue weighted by atomic mass is 10.2. The summed E-state index contributed by atoms with van der Waals surface area (Å²) in [5.74, 6) is 3.63. The SMILES string of the molecule is C#CCn1c(=NC(=O)c2ccc(Cl)s2)sc2cc3c(cc21)OCCO3. The van der Waals surface area contributed by atoms with E-state index in [2.05, 4.69) is 10.9 Å². The van der Waals surface area contributed by atoms with Gasteiger partial charge in [0.15, 0.2) is 16.3 Å². The van der Waals surface area contributed by atoms with Crippen molar-refractivity contribution in [3.8, 4) is 23.8 Å². The molecule has 1 amide bonds. The lowest BCUT2D eigenvalue weighted by Crippen LogP contribution is -2.17. The average molecular weight is 391 g/mol. The van der Waals surface area contributed by atoms with E-state index in [-0.39, 0.29) is 5.91 Å². The van der Waals surface area contributed by atoms with Crippen LogP contribution in [-0.4, -0.2) is 23.7 Å². The van der Waals surface area contributed by atoms with Gasteiger partial charge >= 0.3 is 0 Å². The van der Waals surface area contributed by atoms with Crippen LogP contribution in [-0.2, 0) is 6.54 Å². The molecule has 4 rings (SSSR count). The highest BCUT2D eigenvalue weighted by atomic mass is 35.5. The van der Waals surface area contributed by atoms with Gasteiger partial charge in [0.25, 0.3) is 5.91 Å². The molecule has 0 fully saturated rings. The minimum Gasteiger partial charge on any atom is -0.486 e. The fourth-order valence-electron chi connectivity index (χ4n) is 2.51. The molecular formula is C17H11ClN2O3S2. The normalized spacial score (nSPS) is 13.8. The van der Waals surface area contributed by atoms with Gasteiger partial charge in [0.05, 0.1) is 26.0 Å². The highest BCUT2D eigenvalue weighted by molar-refractivity contribution is 7.18. The fraction of sp³-hybridized carbons (Fsp3) is 0.176. The van der Waals surface area contributed by atoms with Crippen molar-refractivity contribution < 1.29 is 14.3 Å². The Morgan fingerprint density at radius 3 is 2.72 bits per heavy atom. The minimum absolute atomic E-state index is 0.303. The topological polar surface area (TPSA) is 52.8 Å². The molecule has 0 bridgehead atoms. The minimum atomic E-state index is -0.341. The monoisotopic (exact) mass is 390 g/mol. The number of benzene rings is 1. The Kier molecular flexibility index (Phi) is 4.25. The number of aromatic nitrogens is 1. The molecular weight excluding hydrogens is 380 g/mol. The van der Waals surface area contributed by atoms with Crippen LogP contribution in [0.2, 0.25) is 4.34 Å². The quantitative estimate of drug-likeness (QED) is 0.628. The van der Waals surface area contributed by atoms with Crippen LogP contribution < -0.4 is 14.3 Å². The molecule has 0 spiro atoms. The Balaban J connectivity index is 1.88. The van der Waals surface area contributed by atoms with E-state index < -0.39 is 0 Å². The molecule has 0 unspecified atom stereocenters. The largest absolute Gasteiger partial charge is 0.486 e. The van der Waals surface area contributed by atoms with Gasteiger partial charge in [0, 0.05) is 12.1 Å². The van der Waals surface area contributed by atoms with Crippen LogP contribution in [0.5, 0.6) is 11.5 Å². The zero-order chi connectivity index (χ0) is 17.4. The van der Waals surface area contributed by atoms with Crippen LogP contribution >= 0.6 is 34.3 Å². The van der Waals surface area contributed by atoms with Gasteiger partial charge < -0.3 is 14.0 Å². The summed E-state index contributed by atoms with van der Waals surface area (Å²) in [7, 11) is 0. The van der Waals surface area contributed by atoms with Crippen molar-refractivity contribution in [1.29, 1.82) is 0 Å². The van der Waals surface area contributed by atoms with Crippen molar-refractivity contribution in [3.05, 3.63) is 38.3 Å². The number of halogens is 1. The van der Waals surface area contributed by atoms with E-state index in [9.17, 15) is 4.79 Å². The van der Waals surface area contributed by atoms with Crippen molar-refractivity contribution in [3.63, 3.8) is 0 Å². The molecule has 0 saturated heterocycles. The maximum absolute atomic E-state index is 12.4. The van der Waals surface area contributed by atoms with Gasteiger partial charge in [0.2, 0.25) is 0 Å². The number of rotatable bonds is 2. The Labute approximate surface area is 156 Å². The molecule has 8 heteroatoms. The number of thiazole rings is 1. The number of thiophene rings is 1. The van der Waals surface area contributed by atoms with Crippen molar-refractivity contribution in [1.82, 2.24) is 4.57 Å². The zero-order valence-corrected chi connectivity index (χ0v) is 15.2. The standard InChI is InChI=1S/C17H11ClN2O3S2/c1-2-5-20-10-8-11-12(23-7-6-22-11)9-14(10)25-17(20)19-16(21)13-3-4-15(18)24-13/h1,3-4,8-9H,5-7H2. The third-order valence-electron chi connectivity index (χ3n) is 3.58. The van der Waals surface area contributed by atoms with Crippen LogP contribution in [0, 0.1) is 12.3 Å². The molecule has 3 heterocycles. The average Bonchev–Trinajstić information content (AvgIpc) is 3.18. The number of fused-ring (bicyclic) bond motifs is 2. The number of carbonyl (C=O) groups excluding carboxylic acids is 1. The molecule has 25 heavy (non-hydrogen) atoms. The smallest absolute Gasteiger partial charge is 0.289 e. The van der Waals surface area contributed by atoms with Crippen LogP contribution in [0.3, 0.4) is 0 Å². The molecule has 0 N–H and O–H groups in total. The summed E-state index contributed by atoms with van der Waals surface area (Å²) in [5, 5.41) is 0. The van der Waals surface area contributed by atoms with Gasteiger partial charge in [0.1, 0.15) is 13.2 Å². The van der Waals surface area contributed by atoms with E-state index >= 15 is 0 Å². The Bertz CT molecular complexity index is 1090. The number of hydrogen-bond donors (Lipinski definition) is 0. The predicted molar refractivity (Wildman–Crippen MR) is 98.9 cm³/mol. The molecule has 0 atom stereocenters. The first-order valence-corrected chi connectivity index (χ1v) is 9.37. The van der Waals surface area contributed by atoms with Gasteiger partial charge in [-0.05, 0) is 12.1 Å². The first kappa shape index (κ1) is 16.2. The van der Waals surface area contributed by atoms with E-state index in [1.54, 1.807) is 12.1 Å². The molecule has 0 aliphatic carbocycles. The first-order chi connectivity index (χ1) is 12.2. The number of terminal acetylenes is 1. The second kappa shape index (κ2) is 6.56. The van der Waals surface area contributed by atoms with Crippen molar-refractivity contribution >= 4 is 50.4 Å². The second-order valence-electron chi connectivity index (χ2n) is 5.16. The third-order valence-corrected chi connectivity index (χ3v) is 5.84. The maximum atomic E-state index is 12.4. The van der Waals surface area contributed by atoms with E-state index in [0.29, 0.717) is 45.3 Å². The lowest BCUT2D eigenvalue weighted by Gasteiger charge is -2.18. The highest BCUT2D eigenvalue weighted by Gasteiger charge is 2.17. The van der Waals surface area contributed by atoms with Gasteiger partial charge in [-0.15, -0.1) is 17.8 Å². The molecule has 1 aliphatic heterocycles. The van der Waals surface area contributed by atoms with Crippen molar-refractivity contribution in [2.45, 2.75) is 6.54 Å². The predicted octanol–water partition coefficient (Wildman–Crippen LogP) is 3.56. The summed E-state index contributed by atoms with van der Waals surface area (Å²) in [6.07, 6.45) is 5.50. The van der Waals surface area contributed by atoms with E-state index in [4.69, 9.17) is 27.5 Å². The fourth-order valence-corrected chi connectivity index (χ4v) is 4.47. The maximum Gasteiger partial charge on any atom is 0.289 e. The molecule has 1 aromatic carbocycles. The van der Waals surface area contributed by atoms with Crippen LogP contribution in [0.15, 0.2) is 29.3 Å². The summed E-state index contributed by atoms with van der Waals surface area (Å²) >= 11 is 8.47. The summed E-state index contributed by atoms with van der Waals surface area (Å²) in [6, 6.07) is 7.12. The third kappa shape index (κ3) is 3.04. The Morgan fingerprint density at radius 1 is 1.28 bits per heavy atom. The van der Waals surface area contributed by atoms with Gasteiger partial charge in [-0.3, -0.25) is 4.79 Å². The van der Waals surface area contributed by atoms with Crippen LogP contribution in [0.4, 0.5) is 0 Å². The first-order valence-electron chi connectivity index (χ1n) is 7.36. The summed E-state index contributed by atoms with van der Waals surface area (Å²) in [4.78, 5) is 17.7. The summed E-state index contributed by atoms with van der Waals surface area (Å²) in [5.41, 5.74) is 0.864. The molecule has 3 aromatic rings. The molecule has 1 aliphatic rings. The molecule has 0 radical (unpaired) electrons. The number of amides is 1. The molecule has 126 valence electrons. The number of carbonyl (C=O) groups is 1. The second-order valence-corrected chi connectivity index (χ2v) is 7.88. The number of hydrogen-bond acceptors (Lipinski definition) is 5. The lowest BCUT2D eigenvalue weighted by molar-refractivity contribution is 0.100. The summed E-state index contributed by atoms with van der Waals surface area (Å²) < 4.78 is 14.5. The number of nitrogens with zero attached hydrogens (tertiary/aromatic N) is 2. The highest BCUT2D eigenvalue weighted by Crippen LogP contribution is 2.35. The van der Waals surface area contributed by atoms with Gasteiger partial charge in [-0.2, -0.15) is 4.99 Å². The van der Waals surface area contributed by atoms with E-state index in [0.717, 1.165) is 10.2 Å². The van der Waals surface area contributed by atoms with Crippen LogP contribution in [0.25, 0.3) is 10.2 Å². The van der Waals surface area contributed by atoms with Crippen LogP contribution in [0.1, 0.15) is 9.67 Å². The molecule has 5 nitrogen and oxygen atoms in total. The molecule has 0 saturated carbocycles. The zero-order valence-electron chi connectivity index (χ0n) is 12.8.